The number of aryl methyl sites for hydroxylation is 1. The van der Waals surface area contributed by atoms with E-state index in [2.05, 4.69) is 10.1 Å². The van der Waals surface area contributed by atoms with Gasteiger partial charge in [0.25, 0.3) is 5.91 Å². The molecule has 1 heterocycles. The Balaban J connectivity index is 1.67. The van der Waals surface area contributed by atoms with Crippen LogP contribution in [0.2, 0.25) is 5.02 Å². The number of hydrogen-bond donors (Lipinski definition) is 1. The molecule has 0 radical (unpaired) electrons. The Morgan fingerprint density at radius 3 is 2.44 bits per heavy atom. The molecule has 0 saturated heterocycles. The van der Waals surface area contributed by atoms with Gasteiger partial charge < -0.3 is 19.5 Å². The Bertz CT molecular complexity index is 1520. The van der Waals surface area contributed by atoms with Gasteiger partial charge in [0.1, 0.15) is 17.5 Å². The van der Waals surface area contributed by atoms with Gasteiger partial charge in [-0.3, -0.25) is 14.2 Å². The molecule has 41 heavy (non-hydrogen) atoms. The number of nitrogens with zero attached hydrogens (tertiary/aromatic N) is 1. The molecule has 0 aliphatic rings. The summed E-state index contributed by atoms with van der Waals surface area (Å²) in [6, 6.07) is 16.6. The summed E-state index contributed by atoms with van der Waals surface area (Å²) < 4.78 is 54.3. The van der Waals surface area contributed by atoms with E-state index in [1.807, 2.05) is 12.1 Å². The first-order chi connectivity index (χ1) is 19.6. The first-order valence-corrected chi connectivity index (χ1v) is 13.2. The standard InChI is InChI=1S/C30H28ClF3N2O5/c1-3-40-27(37)6-4-5-19-15-23(17-25(16-19)39-2)35-28(21-7-10-22(31)11-8-21)29(38)36-14-13-20-9-12-24(18-26(20)36)41-30(32,33)34/h7-18,28,35H,3-6H2,1-2H3. The van der Waals surface area contributed by atoms with Gasteiger partial charge in [-0.25, -0.2) is 0 Å². The van der Waals surface area contributed by atoms with E-state index in [0.717, 1.165) is 5.56 Å². The minimum atomic E-state index is -4.87. The van der Waals surface area contributed by atoms with E-state index in [1.54, 1.807) is 43.3 Å². The van der Waals surface area contributed by atoms with Crippen molar-refractivity contribution < 1.29 is 37.0 Å². The molecule has 7 nitrogen and oxygen atoms in total. The quantitative estimate of drug-likeness (QED) is 0.182. The van der Waals surface area contributed by atoms with Crippen LogP contribution < -0.4 is 14.8 Å². The average molecular weight is 589 g/mol. The summed E-state index contributed by atoms with van der Waals surface area (Å²) in [4.78, 5) is 25.7. The molecule has 0 aliphatic carbocycles. The second kappa shape index (κ2) is 13.0. The lowest BCUT2D eigenvalue weighted by atomic mass is 10.0. The number of carbonyl (C=O) groups is 2. The van der Waals surface area contributed by atoms with E-state index in [1.165, 1.54) is 36.1 Å². The monoisotopic (exact) mass is 588 g/mol. The van der Waals surface area contributed by atoms with Crippen molar-refractivity contribution in [2.45, 2.75) is 38.6 Å². The van der Waals surface area contributed by atoms with Gasteiger partial charge in [-0.2, -0.15) is 0 Å². The number of anilines is 1. The number of aromatic nitrogens is 1. The van der Waals surface area contributed by atoms with Crippen molar-refractivity contribution in [1.29, 1.82) is 0 Å². The topological polar surface area (TPSA) is 78.8 Å². The summed E-state index contributed by atoms with van der Waals surface area (Å²) >= 11 is 6.09. The number of esters is 1. The minimum absolute atomic E-state index is 0.253. The average Bonchev–Trinajstić information content (AvgIpc) is 3.34. The van der Waals surface area contributed by atoms with Gasteiger partial charge in [-0.1, -0.05) is 23.7 Å². The summed E-state index contributed by atoms with van der Waals surface area (Å²) in [5, 5.41) is 4.30. The van der Waals surface area contributed by atoms with Crippen molar-refractivity contribution in [3.05, 3.63) is 89.1 Å². The van der Waals surface area contributed by atoms with Gasteiger partial charge >= 0.3 is 12.3 Å². The van der Waals surface area contributed by atoms with Crippen molar-refractivity contribution >= 4 is 40.1 Å². The van der Waals surface area contributed by atoms with Crippen LogP contribution in [0.3, 0.4) is 0 Å². The fourth-order valence-electron chi connectivity index (χ4n) is 4.42. The van der Waals surface area contributed by atoms with Crippen LogP contribution in [-0.2, 0) is 16.0 Å². The predicted octanol–water partition coefficient (Wildman–Crippen LogP) is 7.58. The highest BCUT2D eigenvalue weighted by Crippen LogP contribution is 2.31. The molecular formula is C30H28ClF3N2O5. The molecule has 1 atom stereocenters. The van der Waals surface area contributed by atoms with Crippen LogP contribution in [-0.4, -0.2) is 36.5 Å². The molecular weight excluding hydrogens is 561 g/mol. The SMILES string of the molecule is CCOC(=O)CCCc1cc(NC(C(=O)n2ccc3ccc(OC(F)(F)F)cc32)c2ccc(Cl)cc2)cc(OC)c1. The number of carbonyl (C=O) groups excluding carboxylic acids is 2. The van der Waals surface area contributed by atoms with Crippen molar-refractivity contribution in [3.63, 3.8) is 0 Å². The smallest absolute Gasteiger partial charge is 0.497 e. The van der Waals surface area contributed by atoms with E-state index in [0.29, 0.717) is 46.9 Å². The zero-order valence-corrected chi connectivity index (χ0v) is 23.1. The van der Waals surface area contributed by atoms with Crippen LogP contribution >= 0.6 is 11.6 Å². The first kappa shape index (κ1) is 29.8. The summed E-state index contributed by atoms with van der Waals surface area (Å²) in [5.74, 6) is -0.610. The molecule has 3 aromatic carbocycles. The number of fused-ring (bicyclic) bond motifs is 1. The molecule has 0 bridgehead atoms. The van der Waals surface area contributed by atoms with Crippen LogP contribution in [0.4, 0.5) is 18.9 Å². The lowest BCUT2D eigenvalue weighted by Crippen LogP contribution is -2.26. The van der Waals surface area contributed by atoms with Crippen molar-refractivity contribution in [2.24, 2.45) is 0 Å². The highest BCUT2D eigenvalue weighted by Gasteiger charge is 2.31. The maximum atomic E-state index is 14.0. The van der Waals surface area contributed by atoms with Gasteiger partial charge in [0.2, 0.25) is 0 Å². The maximum absolute atomic E-state index is 14.0. The normalized spacial score (nSPS) is 12.1. The molecule has 0 aliphatic heterocycles. The fraction of sp³-hybridized carbons (Fsp3) is 0.267. The van der Waals surface area contributed by atoms with Crippen LogP contribution in [0.5, 0.6) is 11.5 Å². The highest BCUT2D eigenvalue weighted by molar-refractivity contribution is 6.30. The van der Waals surface area contributed by atoms with E-state index in [4.69, 9.17) is 21.1 Å². The highest BCUT2D eigenvalue weighted by atomic mass is 35.5. The van der Waals surface area contributed by atoms with Gasteiger partial charge in [-0.15, -0.1) is 13.2 Å². The molecule has 1 unspecified atom stereocenters. The molecule has 11 heteroatoms. The Hall–Kier alpha value is -4.18. The number of hydrogen-bond acceptors (Lipinski definition) is 6. The Morgan fingerprint density at radius 2 is 1.76 bits per heavy atom. The largest absolute Gasteiger partial charge is 0.573 e. The second-order valence-electron chi connectivity index (χ2n) is 9.15. The Labute approximate surface area is 239 Å². The van der Waals surface area contributed by atoms with Crippen LogP contribution in [0, 0.1) is 0 Å². The van der Waals surface area contributed by atoms with Crippen LogP contribution in [0.25, 0.3) is 10.9 Å². The Kier molecular flexibility index (Phi) is 9.44. The molecule has 4 aromatic rings. The number of methoxy groups -OCH3 is 1. The predicted molar refractivity (Wildman–Crippen MR) is 150 cm³/mol. The summed E-state index contributed by atoms with van der Waals surface area (Å²) in [5.41, 5.74) is 2.28. The van der Waals surface area contributed by atoms with Crippen LogP contribution in [0.15, 0.2) is 72.9 Å². The number of rotatable bonds is 11. The molecule has 0 fully saturated rings. The summed E-state index contributed by atoms with van der Waals surface area (Å²) in [6.45, 7) is 2.07. The van der Waals surface area contributed by atoms with E-state index >= 15 is 0 Å². The fourth-order valence-corrected chi connectivity index (χ4v) is 4.55. The lowest BCUT2D eigenvalue weighted by Gasteiger charge is -2.21. The van der Waals surface area contributed by atoms with E-state index in [-0.39, 0.29) is 17.9 Å². The molecule has 0 spiro atoms. The third kappa shape index (κ3) is 7.94. The number of halogens is 4. The number of benzene rings is 3. The molecule has 0 saturated carbocycles. The molecule has 0 amide bonds. The van der Waals surface area contributed by atoms with Gasteiger partial charge in [0.15, 0.2) is 0 Å². The van der Waals surface area contributed by atoms with Gasteiger partial charge in [0.05, 0.1) is 19.2 Å². The summed E-state index contributed by atoms with van der Waals surface area (Å²) in [6.07, 6.45) is -1.98. The van der Waals surface area contributed by atoms with Gasteiger partial charge in [0, 0.05) is 40.8 Å². The zero-order valence-electron chi connectivity index (χ0n) is 22.3. The molecule has 4 rings (SSSR count). The third-order valence-electron chi connectivity index (χ3n) is 6.25. The molecule has 1 aromatic heterocycles. The number of ether oxygens (including phenoxy) is 3. The summed E-state index contributed by atoms with van der Waals surface area (Å²) in [7, 11) is 1.52. The first-order valence-electron chi connectivity index (χ1n) is 12.8. The van der Waals surface area contributed by atoms with Crippen LogP contribution in [0.1, 0.15) is 41.7 Å². The molecule has 1 N–H and O–H groups in total. The van der Waals surface area contributed by atoms with E-state index in [9.17, 15) is 22.8 Å². The minimum Gasteiger partial charge on any atom is -0.497 e. The lowest BCUT2D eigenvalue weighted by molar-refractivity contribution is -0.274. The maximum Gasteiger partial charge on any atom is 0.573 e. The van der Waals surface area contributed by atoms with Crippen molar-refractivity contribution in [1.82, 2.24) is 4.57 Å². The second-order valence-corrected chi connectivity index (χ2v) is 9.59. The zero-order chi connectivity index (χ0) is 29.6. The van der Waals surface area contributed by atoms with Crippen molar-refractivity contribution in [2.75, 3.05) is 19.0 Å². The number of alkyl halides is 3. The molecule has 216 valence electrons. The number of nitrogens with one attached hydrogen (secondary N) is 1. The van der Waals surface area contributed by atoms with Gasteiger partial charge in [-0.05, 0) is 73.4 Å². The van der Waals surface area contributed by atoms with Crippen molar-refractivity contribution in [3.8, 4) is 11.5 Å². The third-order valence-corrected chi connectivity index (χ3v) is 6.50. The Morgan fingerprint density at radius 1 is 1.00 bits per heavy atom. The van der Waals surface area contributed by atoms with E-state index < -0.39 is 24.1 Å².